The Kier molecular flexibility index (Phi) is 6.51. The average Bonchev–Trinajstić information content (AvgIpc) is 3.50. The number of hydrogen-bond donors (Lipinski definition) is 2. The van der Waals surface area contributed by atoms with Crippen molar-refractivity contribution in [3.8, 4) is 5.75 Å². The minimum absolute atomic E-state index is 0.0177. The summed E-state index contributed by atoms with van der Waals surface area (Å²) in [6.45, 7) is 1.03. The minimum atomic E-state index is -0.332. The smallest absolute Gasteiger partial charge is 0.275 e. The Balaban J connectivity index is 1.25. The minimum Gasteiger partial charge on any atom is -0.490 e. The van der Waals surface area contributed by atoms with Gasteiger partial charge < -0.3 is 25.0 Å². The van der Waals surface area contributed by atoms with Crippen molar-refractivity contribution >= 4 is 34.7 Å². The van der Waals surface area contributed by atoms with Gasteiger partial charge in [0.1, 0.15) is 24.2 Å². The third-order valence-electron chi connectivity index (χ3n) is 6.63. The molecule has 0 radical (unpaired) electrons. The highest BCUT2D eigenvalue weighted by Gasteiger charge is 2.39. The summed E-state index contributed by atoms with van der Waals surface area (Å²) in [6.07, 6.45) is 3.65. The van der Waals surface area contributed by atoms with E-state index in [1.807, 2.05) is 0 Å². The second-order valence-corrected chi connectivity index (χ2v) is 9.88. The van der Waals surface area contributed by atoms with Crippen LogP contribution in [0.25, 0.3) is 0 Å². The van der Waals surface area contributed by atoms with Gasteiger partial charge in [-0.2, -0.15) is 0 Å². The third-order valence-corrected chi connectivity index (χ3v) is 7.22. The zero-order valence-corrected chi connectivity index (χ0v) is 19.8. The van der Waals surface area contributed by atoms with Crippen molar-refractivity contribution in [2.24, 2.45) is 5.92 Å². The van der Waals surface area contributed by atoms with Crippen LogP contribution < -0.4 is 15.4 Å². The molecule has 9 nitrogen and oxygen atoms in total. The summed E-state index contributed by atoms with van der Waals surface area (Å²) in [6, 6.07) is 4.86. The highest BCUT2D eigenvalue weighted by Crippen LogP contribution is 2.33. The van der Waals surface area contributed by atoms with Crippen LogP contribution in [0.3, 0.4) is 0 Å². The van der Waals surface area contributed by atoms with Gasteiger partial charge in [-0.3, -0.25) is 14.4 Å². The number of rotatable bonds is 6. The van der Waals surface area contributed by atoms with E-state index in [1.54, 1.807) is 41.0 Å². The molecule has 5 rings (SSSR count). The molecule has 0 unspecified atom stereocenters. The van der Waals surface area contributed by atoms with E-state index in [4.69, 9.17) is 9.47 Å². The van der Waals surface area contributed by atoms with Gasteiger partial charge >= 0.3 is 0 Å². The van der Waals surface area contributed by atoms with Crippen LogP contribution in [0.5, 0.6) is 5.75 Å². The van der Waals surface area contributed by atoms with E-state index in [-0.39, 0.29) is 42.6 Å². The zero-order chi connectivity index (χ0) is 23.7. The van der Waals surface area contributed by atoms with Gasteiger partial charge in [0.25, 0.3) is 11.8 Å². The number of carbonyl (C=O) groups is 3. The predicted octanol–water partition coefficient (Wildman–Crippen LogP) is 2.69. The first-order chi connectivity index (χ1) is 16.5. The summed E-state index contributed by atoms with van der Waals surface area (Å²) < 4.78 is 12.2. The molecule has 2 fully saturated rings. The normalized spacial score (nSPS) is 24.2. The number of nitrogens with zero attached hydrogens (tertiary/aromatic N) is 2. The molecule has 3 atom stereocenters. The first-order valence-electron chi connectivity index (χ1n) is 11.6. The molecule has 180 valence electrons. The lowest BCUT2D eigenvalue weighted by molar-refractivity contribution is -0.134. The second kappa shape index (κ2) is 9.71. The van der Waals surface area contributed by atoms with E-state index >= 15 is 0 Å². The maximum absolute atomic E-state index is 13.3. The zero-order valence-electron chi connectivity index (χ0n) is 19.0. The highest BCUT2D eigenvalue weighted by molar-refractivity contribution is 7.07. The number of fused-ring (bicyclic) bond motifs is 2. The molecule has 10 heteroatoms. The fraction of sp³-hybridized carbons (Fsp3) is 0.500. The summed E-state index contributed by atoms with van der Waals surface area (Å²) >= 11 is 1.34. The fourth-order valence-electron chi connectivity index (χ4n) is 4.48. The molecule has 1 aliphatic carbocycles. The van der Waals surface area contributed by atoms with Crippen molar-refractivity contribution in [2.45, 2.75) is 50.4 Å². The number of ether oxygens (including phenoxy) is 2. The SMILES string of the molecule is CN1C(=O)c2cc(NC(=O)c3cscn3)ccc2OC[C@H]2O[C@H](CC(=O)NCC3CC3)CC[C@H]21. The third kappa shape index (κ3) is 5.07. The molecule has 1 saturated heterocycles. The van der Waals surface area contributed by atoms with E-state index in [2.05, 4.69) is 15.6 Å². The lowest BCUT2D eigenvalue weighted by Crippen LogP contribution is -2.54. The van der Waals surface area contributed by atoms with Crippen LogP contribution in [0.2, 0.25) is 0 Å². The Morgan fingerprint density at radius 1 is 1.24 bits per heavy atom. The van der Waals surface area contributed by atoms with Crippen molar-refractivity contribution in [1.29, 1.82) is 0 Å². The van der Waals surface area contributed by atoms with Gasteiger partial charge in [-0.15, -0.1) is 11.3 Å². The summed E-state index contributed by atoms with van der Waals surface area (Å²) in [5, 5.41) is 7.44. The van der Waals surface area contributed by atoms with E-state index in [9.17, 15) is 14.4 Å². The maximum Gasteiger partial charge on any atom is 0.275 e. The van der Waals surface area contributed by atoms with Gasteiger partial charge in [-0.1, -0.05) is 0 Å². The molecule has 2 N–H and O–H groups in total. The van der Waals surface area contributed by atoms with Gasteiger partial charge in [-0.25, -0.2) is 4.98 Å². The van der Waals surface area contributed by atoms with Crippen molar-refractivity contribution in [3.63, 3.8) is 0 Å². The van der Waals surface area contributed by atoms with Crippen LogP contribution in [-0.4, -0.2) is 66.1 Å². The first-order valence-corrected chi connectivity index (χ1v) is 12.6. The topological polar surface area (TPSA) is 110 Å². The van der Waals surface area contributed by atoms with Gasteiger partial charge in [0.15, 0.2) is 0 Å². The van der Waals surface area contributed by atoms with Crippen molar-refractivity contribution in [2.75, 3.05) is 25.5 Å². The molecule has 3 heterocycles. The Hall–Kier alpha value is -2.98. The molecule has 2 aromatic rings. The van der Waals surface area contributed by atoms with Crippen LogP contribution in [0.4, 0.5) is 5.69 Å². The van der Waals surface area contributed by atoms with E-state index in [1.165, 1.54) is 24.2 Å². The monoisotopic (exact) mass is 484 g/mol. The molecule has 3 amide bonds. The number of nitrogens with one attached hydrogen (secondary N) is 2. The number of thiazole rings is 1. The van der Waals surface area contributed by atoms with Gasteiger partial charge in [0.05, 0.1) is 29.6 Å². The molecule has 0 spiro atoms. The Bertz CT molecular complexity index is 1070. The van der Waals surface area contributed by atoms with Crippen molar-refractivity contribution < 1.29 is 23.9 Å². The van der Waals surface area contributed by atoms with Gasteiger partial charge in [-0.05, 0) is 49.8 Å². The lowest BCUT2D eigenvalue weighted by Gasteiger charge is -2.42. The molecule has 1 saturated carbocycles. The molecule has 3 aliphatic rings. The van der Waals surface area contributed by atoms with Crippen LogP contribution in [0.15, 0.2) is 29.1 Å². The van der Waals surface area contributed by atoms with Crippen molar-refractivity contribution in [3.05, 3.63) is 40.3 Å². The Morgan fingerprint density at radius 2 is 2.09 bits per heavy atom. The molecule has 2 aliphatic heterocycles. The second-order valence-electron chi connectivity index (χ2n) is 9.16. The molecule has 1 aromatic carbocycles. The number of amides is 3. The quantitative estimate of drug-likeness (QED) is 0.653. The van der Waals surface area contributed by atoms with E-state index in [0.29, 0.717) is 41.5 Å². The van der Waals surface area contributed by atoms with Gasteiger partial charge in [0, 0.05) is 24.7 Å². The number of anilines is 1. The highest BCUT2D eigenvalue weighted by atomic mass is 32.1. The van der Waals surface area contributed by atoms with Crippen molar-refractivity contribution in [1.82, 2.24) is 15.2 Å². The number of benzene rings is 1. The first kappa shape index (κ1) is 22.8. The number of aromatic nitrogens is 1. The molecule has 1 aromatic heterocycles. The lowest BCUT2D eigenvalue weighted by atomic mass is 9.94. The van der Waals surface area contributed by atoms with Crippen LogP contribution in [-0.2, 0) is 9.53 Å². The summed E-state index contributed by atoms with van der Waals surface area (Å²) in [5.41, 5.74) is 2.81. The maximum atomic E-state index is 13.3. The van der Waals surface area contributed by atoms with E-state index < -0.39 is 0 Å². The number of hydrogen-bond acceptors (Lipinski definition) is 7. The van der Waals surface area contributed by atoms with Crippen LogP contribution >= 0.6 is 11.3 Å². The largest absolute Gasteiger partial charge is 0.490 e. The molecular formula is C24H28N4O5S. The molecule has 34 heavy (non-hydrogen) atoms. The summed E-state index contributed by atoms with van der Waals surface area (Å²) in [7, 11) is 1.77. The van der Waals surface area contributed by atoms with E-state index in [0.717, 1.165) is 13.0 Å². The van der Waals surface area contributed by atoms with Gasteiger partial charge in [0.2, 0.25) is 5.91 Å². The van der Waals surface area contributed by atoms with Crippen LogP contribution in [0, 0.1) is 5.92 Å². The summed E-state index contributed by atoms with van der Waals surface area (Å²) in [5.74, 6) is 0.569. The summed E-state index contributed by atoms with van der Waals surface area (Å²) in [4.78, 5) is 43.7. The standard InChI is InChI=1S/C24H28N4O5S/c1-28-19-6-5-16(9-22(29)25-10-14-2-3-14)33-21(19)11-32-20-7-4-15(8-17(20)24(28)31)27-23(30)18-12-34-13-26-18/h4,7-8,12-14,16,19,21H,2-3,5-6,9-11H2,1H3,(H,25,29)(H,27,30)/t16-,19+,21+/m0/s1. The molecular weight excluding hydrogens is 456 g/mol. The Labute approximate surface area is 201 Å². The van der Waals surface area contributed by atoms with Crippen LogP contribution in [0.1, 0.15) is 53.0 Å². The average molecular weight is 485 g/mol. The number of carbonyl (C=O) groups excluding carboxylic acids is 3. The Morgan fingerprint density at radius 3 is 2.85 bits per heavy atom. The fourth-order valence-corrected chi connectivity index (χ4v) is 5.02. The number of likely N-dealkylation sites (N-methyl/N-ethyl adjacent to an activating group) is 1. The predicted molar refractivity (Wildman–Crippen MR) is 126 cm³/mol. The molecule has 0 bridgehead atoms.